The van der Waals surface area contributed by atoms with Crippen molar-refractivity contribution in [2.75, 3.05) is 33.5 Å². The normalized spacial score (nSPS) is 13.1. The maximum absolute atomic E-state index is 5.44. The SMILES string of the molecule is CCCCOCCNC(C)CCOC. The zero-order chi connectivity index (χ0) is 10.6. The van der Waals surface area contributed by atoms with Gasteiger partial charge in [0.2, 0.25) is 0 Å². The van der Waals surface area contributed by atoms with E-state index in [0.29, 0.717) is 6.04 Å². The largest absolute Gasteiger partial charge is 0.385 e. The van der Waals surface area contributed by atoms with Gasteiger partial charge in [0.1, 0.15) is 0 Å². The smallest absolute Gasteiger partial charge is 0.0590 e. The van der Waals surface area contributed by atoms with E-state index in [2.05, 4.69) is 19.2 Å². The average molecular weight is 203 g/mol. The van der Waals surface area contributed by atoms with Crippen LogP contribution in [0.4, 0.5) is 0 Å². The number of ether oxygens (including phenoxy) is 2. The molecule has 14 heavy (non-hydrogen) atoms. The number of nitrogens with one attached hydrogen (secondary N) is 1. The second-order valence-electron chi connectivity index (χ2n) is 3.60. The van der Waals surface area contributed by atoms with E-state index in [-0.39, 0.29) is 0 Å². The Morgan fingerprint density at radius 3 is 2.64 bits per heavy atom. The molecular formula is C11H25NO2. The Hall–Kier alpha value is -0.120. The number of hydrogen-bond donors (Lipinski definition) is 1. The Labute approximate surface area is 88.2 Å². The molecule has 0 rings (SSSR count). The van der Waals surface area contributed by atoms with Gasteiger partial charge in [-0.05, 0) is 19.8 Å². The van der Waals surface area contributed by atoms with E-state index >= 15 is 0 Å². The molecule has 3 heteroatoms. The second kappa shape index (κ2) is 11.0. The number of rotatable bonds is 10. The van der Waals surface area contributed by atoms with Crippen molar-refractivity contribution in [1.82, 2.24) is 5.32 Å². The van der Waals surface area contributed by atoms with Gasteiger partial charge in [0.15, 0.2) is 0 Å². The van der Waals surface area contributed by atoms with E-state index in [1.54, 1.807) is 7.11 Å². The van der Waals surface area contributed by atoms with Crippen LogP contribution in [0.25, 0.3) is 0 Å². The molecule has 0 aliphatic heterocycles. The van der Waals surface area contributed by atoms with E-state index in [9.17, 15) is 0 Å². The van der Waals surface area contributed by atoms with Gasteiger partial charge in [-0.15, -0.1) is 0 Å². The number of methoxy groups -OCH3 is 1. The van der Waals surface area contributed by atoms with E-state index in [4.69, 9.17) is 9.47 Å². The Balaban J connectivity index is 3.02. The highest BCUT2D eigenvalue weighted by Gasteiger charge is 1.99. The van der Waals surface area contributed by atoms with Crippen molar-refractivity contribution in [3.8, 4) is 0 Å². The summed E-state index contributed by atoms with van der Waals surface area (Å²) in [4.78, 5) is 0. The van der Waals surface area contributed by atoms with Gasteiger partial charge in [0.05, 0.1) is 6.61 Å². The van der Waals surface area contributed by atoms with Crippen molar-refractivity contribution < 1.29 is 9.47 Å². The summed E-state index contributed by atoms with van der Waals surface area (Å²) in [5, 5.41) is 3.39. The average Bonchev–Trinajstić information content (AvgIpc) is 2.20. The molecule has 0 saturated heterocycles. The summed E-state index contributed by atoms with van der Waals surface area (Å²) in [5.41, 5.74) is 0. The first-order valence-corrected chi connectivity index (χ1v) is 5.61. The molecule has 0 aromatic rings. The van der Waals surface area contributed by atoms with Crippen LogP contribution in [0.15, 0.2) is 0 Å². The predicted octanol–water partition coefficient (Wildman–Crippen LogP) is 1.82. The summed E-state index contributed by atoms with van der Waals surface area (Å²) in [6, 6.07) is 0.518. The maximum atomic E-state index is 5.44. The van der Waals surface area contributed by atoms with E-state index in [1.807, 2.05) is 0 Å². The van der Waals surface area contributed by atoms with Crippen molar-refractivity contribution >= 4 is 0 Å². The molecule has 0 aromatic carbocycles. The van der Waals surface area contributed by atoms with E-state index in [1.165, 1.54) is 12.8 Å². The van der Waals surface area contributed by atoms with Crippen LogP contribution in [0.1, 0.15) is 33.1 Å². The second-order valence-corrected chi connectivity index (χ2v) is 3.60. The van der Waals surface area contributed by atoms with Gasteiger partial charge in [-0.3, -0.25) is 0 Å². The Kier molecular flexibility index (Phi) is 10.9. The van der Waals surface area contributed by atoms with Crippen LogP contribution in [0.5, 0.6) is 0 Å². The highest BCUT2D eigenvalue weighted by Crippen LogP contribution is 1.90. The maximum Gasteiger partial charge on any atom is 0.0590 e. The molecule has 1 atom stereocenters. The van der Waals surface area contributed by atoms with E-state index in [0.717, 1.165) is 32.8 Å². The number of unbranched alkanes of at least 4 members (excludes halogenated alkanes) is 1. The molecule has 1 N–H and O–H groups in total. The predicted molar refractivity (Wildman–Crippen MR) is 59.7 cm³/mol. The topological polar surface area (TPSA) is 30.5 Å². The van der Waals surface area contributed by atoms with Gasteiger partial charge in [-0.1, -0.05) is 13.3 Å². The van der Waals surface area contributed by atoms with Crippen LogP contribution < -0.4 is 5.32 Å². The fourth-order valence-corrected chi connectivity index (χ4v) is 1.12. The molecule has 1 unspecified atom stereocenters. The summed E-state index contributed by atoms with van der Waals surface area (Å²) in [5.74, 6) is 0. The molecule has 0 aromatic heterocycles. The van der Waals surface area contributed by atoms with Gasteiger partial charge in [-0.2, -0.15) is 0 Å². The van der Waals surface area contributed by atoms with Gasteiger partial charge in [0.25, 0.3) is 0 Å². The van der Waals surface area contributed by atoms with Gasteiger partial charge in [-0.25, -0.2) is 0 Å². The molecule has 0 radical (unpaired) electrons. The van der Waals surface area contributed by atoms with Crippen LogP contribution in [0, 0.1) is 0 Å². The van der Waals surface area contributed by atoms with E-state index < -0.39 is 0 Å². The molecule has 0 spiro atoms. The lowest BCUT2D eigenvalue weighted by Crippen LogP contribution is -2.30. The third kappa shape index (κ3) is 9.96. The summed E-state index contributed by atoms with van der Waals surface area (Å²) < 4.78 is 10.4. The summed E-state index contributed by atoms with van der Waals surface area (Å²) in [7, 11) is 1.74. The molecule has 0 fully saturated rings. The summed E-state index contributed by atoms with van der Waals surface area (Å²) in [6.07, 6.45) is 3.43. The molecule has 0 bridgehead atoms. The van der Waals surface area contributed by atoms with Crippen molar-refractivity contribution in [3.05, 3.63) is 0 Å². The van der Waals surface area contributed by atoms with Crippen molar-refractivity contribution in [3.63, 3.8) is 0 Å². The Bertz CT molecular complexity index is 109. The molecular weight excluding hydrogens is 178 g/mol. The van der Waals surface area contributed by atoms with Crippen LogP contribution in [0.3, 0.4) is 0 Å². The molecule has 0 saturated carbocycles. The highest BCUT2D eigenvalue weighted by molar-refractivity contribution is 4.59. The van der Waals surface area contributed by atoms with Crippen LogP contribution in [-0.4, -0.2) is 39.5 Å². The fourth-order valence-electron chi connectivity index (χ4n) is 1.12. The van der Waals surface area contributed by atoms with Crippen LogP contribution in [-0.2, 0) is 9.47 Å². The first-order valence-electron chi connectivity index (χ1n) is 5.61. The standard InChI is InChI=1S/C11H25NO2/c1-4-5-8-14-10-7-12-11(2)6-9-13-3/h11-12H,4-10H2,1-3H3. The Morgan fingerprint density at radius 1 is 1.21 bits per heavy atom. The molecule has 0 heterocycles. The van der Waals surface area contributed by atoms with Gasteiger partial charge < -0.3 is 14.8 Å². The van der Waals surface area contributed by atoms with Crippen molar-refractivity contribution in [1.29, 1.82) is 0 Å². The lowest BCUT2D eigenvalue weighted by molar-refractivity contribution is 0.128. The van der Waals surface area contributed by atoms with Crippen molar-refractivity contribution in [2.24, 2.45) is 0 Å². The number of hydrogen-bond acceptors (Lipinski definition) is 3. The quantitative estimate of drug-likeness (QED) is 0.549. The molecule has 0 aliphatic carbocycles. The molecule has 3 nitrogen and oxygen atoms in total. The zero-order valence-electron chi connectivity index (χ0n) is 9.84. The highest BCUT2D eigenvalue weighted by atomic mass is 16.5. The lowest BCUT2D eigenvalue weighted by Gasteiger charge is -2.12. The minimum Gasteiger partial charge on any atom is -0.385 e. The first-order chi connectivity index (χ1) is 6.81. The first kappa shape index (κ1) is 13.9. The fraction of sp³-hybridized carbons (Fsp3) is 1.00. The summed E-state index contributed by atoms with van der Waals surface area (Å²) >= 11 is 0. The minimum atomic E-state index is 0.518. The van der Waals surface area contributed by atoms with Crippen LogP contribution in [0.2, 0.25) is 0 Å². The molecule has 86 valence electrons. The lowest BCUT2D eigenvalue weighted by atomic mass is 10.2. The molecule has 0 aliphatic rings. The summed E-state index contributed by atoms with van der Waals surface area (Å²) in [6.45, 7) is 7.82. The zero-order valence-corrected chi connectivity index (χ0v) is 9.84. The monoisotopic (exact) mass is 203 g/mol. The van der Waals surface area contributed by atoms with Crippen molar-refractivity contribution in [2.45, 2.75) is 39.2 Å². The third-order valence-electron chi connectivity index (χ3n) is 2.14. The Morgan fingerprint density at radius 2 is 2.00 bits per heavy atom. The van der Waals surface area contributed by atoms with Crippen LogP contribution >= 0.6 is 0 Å². The van der Waals surface area contributed by atoms with Gasteiger partial charge in [0, 0.05) is 32.9 Å². The molecule has 0 amide bonds. The minimum absolute atomic E-state index is 0.518. The van der Waals surface area contributed by atoms with Gasteiger partial charge >= 0.3 is 0 Å². The third-order valence-corrected chi connectivity index (χ3v) is 2.14.